The third kappa shape index (κ3) is 6.85. The highest BCUT2D eigenvalue weighted by Gasteiger charge is 2.33. The van der Waals surface area contributed by atoms with E-state index >= 15 is 0 Å². The van der Waals surface area contributed by atoms with Gasteiger partial charge in [-0.15, -0.1) is 0 Å². The lowest BCUT2D eigenvalue weighted by molar-refractivity contribution is -0.140. The Morgan fingerprint density at radius 2 is 1.85 bits per heavy atom. The second-order valence-corrected chi connectivity index (χ2v) is 8.50. The van der Waals surface area contributed by atoms with Gasteiger partial charge in [-0.1, -0.05) is 38.3 Å². The van der Waals surface area contributed by atoms with Crippen molar-refractivity contribution < 1.29 is 23.5 Å². The Balaban J connectivity index is 1.82. The molecule has 1 fully saturated rings. The Morgan fingerprint density at radius 3 is 2.47 bits per heavy atom. The molecule has 1 aliphatic rings. The number of unbranched alkanes of at least 4 members (excludes halogenated alkanes) is 1. The largest absolute Gasteiger partial charge is 0.494 e. The van der Waals surface area contributed by atoms with E-state index in [0.717, 1.165) is 38.5 Å². The minimum atomic E-state index is -0.796. The van der Waals surface area contributed by atoms with Gasteiger partial charge < -0.3 is 24.7 Å². The summed E-state index contributed by atoms with van der Waals surface area (Å²) in [6, 6.07) is 9.77. The molecule has 1 aromatic heterocycles. The first-order chi connectivity index (χ1) is 16.5. The van der Waals surface area contributed by atoms with E-state index in [1.165, 1.54) is 12.3 Å². The highest BCUT2D eigenvalue weighted by molar-refractivity contribution is 5.95. The van der Waals surface area contributed by atoms with Crippen LogP contribution in [0.5, 0.6) is 5.75 Å². The summed E-state index contributed by atoms with van der Waals surface area (Å²) >= 11 is 0. The molecule has 0 saturated heterocycles. The molecule has 1 aliphatic carbocycles. The van der Waals surface area contributed by atoms with Crippen LogP contribution in [-0.4, -0.2) is 48.4 Å². The topological polar surface area (TPSA) is 101 Å². The lowest BCUT2D eigenvalue weighted by atomic mass is 10.0. The van der Waals surface area contributed by atoms with Crippen LogP contribution in [0.4, 0.5) is 0 Å². The summed E-state index contributed by atoms with van der Waals surface area (Å²) in [4.78, 5) is 40.7. The van der Waals surface area contributed by atoms with Gasteiger partial charge in [0.25, 0.3) is 5.91 Å². The van der Waals surface area contributed by atoms with Gasteiger partial charge in [-0.2, -0.15) is 0 Å². The second-order valence-electron chi connectivity index (χ2n) is 8.50. The van der Waals surface area contributed by atoms with Gasteiger partial charge in [-0.25, -0.2) is 0 Å². The maximum absolute atomic E-state index is 13.5. The lowest BCUT2D eigenvalue weighted by Crippen LogP contribution is -2.49. The number of carbonyl (C=O) groups excluding carboxylic acids is 3. The number of nitrogens with zero attached hydrogens (tertiary/aromatic N) is 1. The number of ether oxygens (including phenoxy) is 1. The summed E-state index contributed by atoms with van der Waals surface area (Å²) < 4.78 is 10.6. The molecule has 2 aromatic rings. The van der Waals surface area contributed by atoms with Crippen LogP contribution >= 0.6 is 0 Å². The molecule has 0 unspecified atom stereocenters. The van der Waals surface area contributed by atoms with Gasteiger partial charge in [0, 0.05) is 12.6 Å². The van der Waals surface area contributed by atoms with Crippen molar-refractivity contribution in [1.82, 2.24) is 15.5 Å². The van der Waals surface area contributed by atoms with Crippen molar-refractivity contribution in [3.63, 3.8) is 0 Å². The van der Waals surface area contributed by atoms with E-state index in [0.29, 0.717) is 24.5 Å². The van der Waals surface area contributed by atoms with E-state index in [9.17, 15) is 14.4 Å². The molecule has 184 valence electrons. The molecule has 3 amide bonds. The monoisotopic (exact) mass is 469 g/mol. The molecule has 2 N–H and O–H groups in total. The summed E-state index contributed by atoms with van der Waals surface area (Å²) in [7, 11) is 0. The van der Waals surface area contributed by atoms with Crippen LogP contribution in [0, 0.1) is 0 Å². The number of carbonyl (C=O) groups is 3. The molecule has 0 aliphatic heterocycles. The Hall–Kier alpha value is -3.29. The summed E-state index contributed by atoms with van der Waals surface area (Å²) in [5.74, 6) is -0.151. The van der Waals surface area contributed by atoms with Crippen LogP contribution in [0.25, 0.3) is 0 Å². The van der Waals surface area contributed by atoms with Gasteiger partial charge in [0.15, 0.2) is 5.76 Å². The van der Waals surface area contributed by atoms with Crippen LogP contribution < -0.4 is 15.4 Å². The van der Waals surface area contributed by atoms with E-state index in [-0.39, 0.29) is 30.2 Å². The number of nitrogens with one attached hydrogen (secondary N) is 2. The fourth-order valence-corrected chi connectivity index (χ4v) is 4.21. The molecule has 8 heteroatoms. The zero-order valence-electron chi connectivity index (χ0n) is 20.0. The molecular formula is C26H35N3O5. The Morgan fingerprint density at radius 1 is 1.12 bits per heavy atom. The predicted octanol–water partition coefficient (Wildman–Crippen LogP) is 3.84. The molecule has 1 heterocycles. The molecule has 0 spiro atoms. The molecule has 1 saturated carbocycles. The molecule has 1 atom stereocenters. The van der Waals surface area contributed by atoms with E-state index in [4.69, 9.17) is 9.15 Å². The van der Waals surface area contributed by atoms with Gasteiger partial charge in [-0.3, -0.25) is 14.4 Å². The number of rotatable bonds is 12. The van der Waals surface area contributed by atoms with E-state index in [1.807, 2.05) is 38.1 Å². The summed E-state index contributed by atoms with van der Waals surface area (Å²) in [6.07, 6.45) is 7.09. The van der Waals surface area contributed by atoms with Crippen LogP contribution in [0.1, 0.15) is 74.5 Å². The average molecular weight is 470 g/mol. The Kier molecular flexibility index (Phi) is 9.55. The quantitative estimate of drug-likeness (QED) is 0.492. The number of amides is 3. The Bertz CT molecular complexity index is 920. The fraction of sp³-hybridized carbons (Fsp3) is 0.500. The molecule has 34 heavy (non-hydrogen) atoms. The highest BCUT2D eigenvalue weighted by Crippen LogP contribution is 2.26. The third-order valence-corrected chi connectivity index (χ3v) is 5.99. The number of hydrogen-bond acceptors (Lipinski definition) is 5. The second kappa shape index (κ2) is 12.8. The van der Waals surface area contributed by atoms with E-state index < -0.39 is 11.9 Å². The smallest absolute Gasteiger partial charge is 0.287 e. The van der Waals surface area contributed by atoms with Crippen LogP contribution in [0.3, 0.4) is 0 Å². The van der Waals surface area contributed by atoms with Crippen molar-refractivity contribution in [3.8, 4) is 5.75 Å². The summed E-state index contributed by atoms with van der Waals surface area (Å²) in [5.41, 5.74) is 0.709. The van der Waals surface area contributed by atoms with Crippen LogP contribution in [-0.2, 0) is 9.59 Å². The van der Waals surface area contributed by atoms with E-state index in [1.54, 1.807) is 11.0 Å². The molecular weight excluding hydrogens is 434 g/mol. The van der Waals surface area contributed by atoms with Crippen LogP contribution in [0.15, 0.2) is 47.1 Å². The molecule has 1 aromatic carbocycles. The van der Waals surface area contributed by atoms with Crippen molar-refractivity contribution in [2.24, 2.45) is 0 Å². The first kappa shape index (κ1) is 25.3. The number of furan rings is 1. The normalized spacial score (nSPS) is 14.4. The maximum Gasteiger partial charge on any atom is 0.287 e. The fourth-order valence-electron chi connectivity index (χ4n) is 4.21. The van der Waals surface area contributed by atoms with Gasteiger partial charge in [-0.05, 0) is 56.0 Å². The minimum absolute atomic E-state index is 0.125. The molecule has 3 rings (SSSR count). The van der Waals surface area contributed by atoms with Crippen LogP contribution in [0.2, 0.25) is 0 Å². The first-order valence-electron chi connectivity index (χ1n) is 12.2. The van der Waals surface area contributed by atoms with Gasteiger partial charge in [0.2, 0.25) is 11.8 Å². The zero-order chi connectivity index (χ0) is 24.3. The first-order valence-corrected chi connectivity index (χ1v) is 12.2. The third-order valence-electron chi connectivity index (χ3n) is 5.99. The number of hydrogen-bond donors (Lipinski definition) is 2. The average Bonchev–Trinajstić information content (AvgIpc) is 3.55. The maximum atomic E-state index is 13.5. The summed E-state index contributed by atoms with van der Waals surface area (Å²) in [5, 5.41) is 5.76. The minimum Gasteiger partial charge on any atom is -0.494 e. The van der Waals surface area contributed by atoms with Crippen molar-refractivity contribution in [2.45, 2.75) is 64.5 Å². The van der Waals surface area contributed by atoms with Crippen molar-refractivity contribution in [2.75, 3.05) is 19.7 Å². The predicted molar refractivity (Wildman–Crippen MR) is 128 cm³/mol. The number of benzene rings is 1. The standard InChI is InChI=1S/C26H35N3O5/c1-3-5-16-29(23(30)18-27-25(31)22-11-8-17-34-22)24(26(32)28-20-9-6-7-10-20)19-12-14-21(15-13-19)33-4-2/h8,11-15,17,20,24H,3-7,9-10,16,18H2,1-2H3,(H,27,31)(H,28,32)/t24-/m1/s1. The van der Waals surface area contributed by atoms with Gasteiger partial charge >= 0.3 is 0 Å². The van der Waals surface area contributed by atoms with Crippen molar-refractivity contribution in [3.05, 3.63) is 54.0 Å². The molecule has 0 bridgehead atoms. The molecule has 0 radical (unpaired) electrons. The SMILES string of the molecule is CCCCN(C(=O)CNC(=O)c1ccco1)[C@@H](C(=O)NC1CCCC1)c1ccc(OCC)cc1. The van der Waals surface area contributed by atoms with Crippen molar-refractivity contribution >= 4 is 17.7 Å². The molecule has 8 nitrogen and oxygen atoms in total. The highest BCUT2D eigenvalue weighted by atomic mass is 16.5. The van der Waals surface area contributed by atoms with Gasteiger partial charge in [0.1, 0.15) is 11.8 Å². The Labute approximate surface area is 201 Å². The summed E-state index contributed by atoms with van der Waals surface area (Å²) in [6.45, 7) is 4.66. The van der Waals surface area contributed by atoms with Crippen molar-refractivity contribution in [1.29, 1.82) is 0 Å². The van der Waals surface area contributed by atoms with E-state index in [2.05, 4.69) is 10.6 Å². The lowest BCUT2D eigenvalue weighted by Gasteiger charge is -2.32. The zero-order valence-corrected chi connectivity index (χ0v) is 20.0. The van der Waals surface area contributed by atoms with Gasteiger partial charge in [0.05, 0.1) is 19.4 Å².